The Bertz CT molecular complexity index is 523. The van der Waals surface area contributed by atoms with Gasteiger partial charge in [-0.05, 0) is 47.0 Å². The Labute approximate surface area is 138 Å². The Morgan fingerprint density at radius 2 is 2.13 bits per heavy atom. The molecule has 23 heavy (non-hydrogen) atoms. The van der Waals surface area contributed by atoms with E-state index in [1.54, 1.807) is 6.33 Å². The van der Waals surface area contributed by atoms with Crippen molar-refractivity contribution < 1.29 is 9.53 Å². The van der Waals surface area contributed by atoms with Crippen molar-refractivity contribution in [3.8, 4) is 0 Å². The second kappa shape index (κ2) is 7.29. The molecule has 7 heteroatoms. The number of nitrogens with zero attached hydrogens (tertiary/aromatic N) is 4. The first kappa shape index (κ1) is 17.7. The van der Waals surface area contributed by atoms with Gasteiger partial charge in [0.1, 0.15) is 17.8 Å². The van der Waals surface area contributed by atoms with Crippen LogP contribution in [-0.4, -0.2) is 50.5 Å². The maximum absolute atomic E-state index is 12.2. The summed E-state index contributed by atoms with van der Waals surface area (Å²) in [6.45, 7) is 9.27. The van der Waals surface area contributed by atoms with Crippen molar-refractivity contribution in [1.82, 2.24) is 25.0 Å². The molecule has 1 N–H and O–H groups in total. The molecule has 2 atom stereocenters. The van der Waals surface area contributed by atoms with E-state index in [0.717, 1.165) is 38.2 Å². The number of nitrogens with one attached hydrogen (secondary N) is 1. The van der Waals surface area contributed by atoms with Crippen molar-refractivity contribution in [2.24, 2.45) is 7.05 Å². The molecule has 0 aliphatic carbocycles. The first-order chi connectivity index (χ1) is 10.8. The van der Waals surface area contributed by atoms with Crippen LogP contribution in [0.2, 0.25) is 0 Å². The zero-order valence-corrected chi connectivity index (χ0v) is 14.9. The number of aryl methyl sites for hydroxylation is 1. The fourth-order valence-electron chi connectivity index (χ4n) is 2.88. The van der Waals surface area contributed by atoms with Gasteiger partial charge in [-0.15, -0.1) is 10.2 Å². The minimum absolute atomic E-state index is 0.139. The van der Waals surface area contributed by atoms with E-state index in [0.29, 0.717) is 6.04 Å². The Balaban J connectivity index is 1.86. The molecule has 1 aromatic rings. The molecule has 2 heterocycles. The van der Waals surface area contributed by atoms with E-state index in [1.165, 1.54) is 0 Å². The molecule has 1 saturated heterocycles. The van der Waals surface area contributed by atoms with Gasteiger partial charge in [-0.25, -0.2) is 4.79 Å². The predicted molar refractivity (Wildman–Crippen MR) is 88.0 cm³/mol. The number of aromatic nitrogens is 3. The third kappa shape index (κ3) is 5.20. The van der Waals surface area contributed by atoms with E-state index in [2.05, 4.69) is 22.4 Å². The summed E-state index contributed by atoms with van der Waals surface area (Å²) >= 11 is 0. The summed E-state index contributed by atoms with van der Waals surface area (Å²) in [5.41, 5.74) is -0.444. The number of likely N-dealkylation sites (tertiary alicyclic amines) is 1. The van der Waals surface area contributed by atoms with Gasteiger partial charge < -0.3 is 19.5 Å². The van der Waals surface area contributed by atoms with Crippen LogP contribution in [0, 0.1) is 0 Å². The number of ether oxygens (including phenoxy) is 1. The maximum atomic E-state index is 12.2. The molecule has 1 aliphatic rings. The molecule has 1 fully saturated rings. The van der Waals surface area contributed by atoms with E-state index in [-0.39, 0.29) is 12.1 Å². The van der Waals surface area contributed by atoms with Gasteiger partial charge in [0.15, 0.2) is 0 Å². The molecule has 7 nitrogen and oxygen atoms in total. The smallest absolute Gasteiger partial charge is 0.410 e. The lowest BCUT2D eigenvalue weighted by atomic mass is 10.1. The molecular weight excluding hydrogens is 294 g/mol. The Kier molecular flexibility index (Phi) is 5.62. The zero-order chi connectivity index (χ0) is 17.0. The molecule has 1 aliphatic heterocycles. The molecule has 0 spiro atoms. The standard InChI is InChI=1S/C16H29N5O2/c1-12(14-19-17-11-20(14)5)18-13-7-6-9-21(10-8-13)15(22)23-16(2,3)4/h11-13,18H,6-10H2,1-5H3. The van der Waals surface area contributed by atoms with Gasteiger partial charge >= 0.3 is 6.09 Å². The van der Waals surface area contributed by atoms with Crippen LogP contribution in [0.1, 0.15) is 58.8 Å². The van der Waals surface area contributed by atoms with Crippen LogP contribution < -0.4 is 5.32 Å². The van der Waals surface area contributed by atoms with Crippen molar-refractivity contribution in [2.75, 3.05) is 13.1 Å². The zero-order valence-electron chi connectivity index (χ0n) is 14.9. The second-order valence-corrected chi connectivity index (χ2v) is 7.28. The Morgan fingerprint density at radius 1 is 1.39 bits per heavy atom. The third-order valence-electron chi connectivity index (χ3n) is 4.00. The van der Waals surface area contributed by atoms with E-state index in [4.69, 9.17) is 4.74 Å². The van der Waals surface area contributed by atoms with E-state index >= 15 is 0 Å². The number of rotatable bonds is 3. The van der Waals surface area contributed by atoms with Crippen molar-refractivity contribution in [1.29, 1.82) is 0 Å². The highest BCUT2D eigenvalue weighted by Crippen LogP contribution is 2.18. The summed E-state index contributed by atoms with van der Waals surface area (Å²) in [5, 5.41) is 11.7. The van der Waals surface area contributed by atoms with Crippen LogP contribution in [0.4, 0.5) is 4.79 Å². The summed E-state index contributed by atoms with van der Waals surface area (Å²) in [6, 6.07) is 0.509. The quantitative estimate of drug-likeness (QED) is 0.924. The predicted octanol–water partition coefficient (Wildman–Crippen LogP) is 2.26. The highest BCUT2D eigenvalue weighted by atomic mass is 16.6. The van der Waals surface area contributed by atoms with Gasteiger partial charge in [0.2, 0.25) is 0 Å². The van der Waals surface area contributed by atoms with Gasteiger partial charge in [-0.2, -0.15) is 0 Å². The molecule has 130 valence electrons. The van der Waals surface area contributed by atoms with Crippen LogP contribution >= 0.6 is 0 Å². The summed E-state index contributed by atoms with van der Waals surface area (Å²) in [5.74, 6) is 0.929. The van der Waals surface area contributed by atoms with E-state index in [1.807, 2.05) is 37.3 Å². The average molecular weight is 323 g/mol. The normalized spacial score (nSPS) is 20.9. The monoisotopic (exact) mass is 323 g/mol. The van der Waals surface area contributed by atoms with Crippen molar-refractivity contribution in [3.63, 3.8) is 0 Å². The van der Waals surface area contributed by atoms with Crippen LogP contribution in [0.5, 0.6) is 0 Å². The fraction of sp³-hybridized carbons (Fsp3) is 0.812. The summed E-state index contributed by atoms with van der Waals surface area (Å²) in [6.07, 6.45) is 4.44. The number of carbonyl (C=O) groups is 1. The summed E-state index contributed by atoms with van der Waals surface area (Å²) in [7, 11) is 1.95. The average Bonchev–Trinajstić information content (AvgIpc) is 2.72. The molecule has 0 radical (unpaired) electrons. The molecule has 1 aromatic heterocycles. The Morgan fingerprint density at radius 3 is 2.74 bits per heavy atom. The molecule has 2 unspecified atom stereocenters. The van der Waals surface area contributed by atoms with Gasteiger partial charge in [0.25, 0.3) is 0 Å². The lowest BCUT2D eigenvalue weighted by Crippen LogP contribution is -2.38. The molecule has 0 bridgehead atoms. The minimum Gasteiger partial charge on any atom is -0.444 e. The van der Waals surface area contributed by atoms with Gasteiger partial charge in [-0.3, -0.25) is 0 Å². The number of carbonyl (C=O) groups excluding carboxylic acids is 1. The third-order valence-corrected chi connectivity index (χ3v) is 4.00. The Hall–Kier alpha value is -1.63. The minimum atomic E-state index is -0.444. The SMILES string of the molecule is CC(NC1CCCN(C(=O)OC(C)(C)C)CC1)c1nncn1C. The van der Waals surface area contributed by atoms with Crippen LogP contribution in [0.25, 0.3) is 0 Å². The molecule has 2 rings (SSSR count). The first-order valence-electron chi connectivity index (χ1n) is 8.34. The second-order valence-electron chi connectivity index (χ2n) is 7.28. The van der Waals surface area contributed by atoms with Crippen molar-refractivity contribution in [3.05, 3.63) is 12.2 Å². The molecule has 1 amide bonds. The molecule has 0 saturated carbocycles. The summed E-state index contributed by atoms with van der Waals surface area (Å²) in [4.78, 5) is 14.0. The number of hydrogen-bond acceptors (Lipinski definition) is 5. The summed E-state index contributed by atoms with van der Waals surface area (Å²) < 4.78 is 7.40. The lowest BCUT2D eigenvalue weighted by Gasteiger charge is -2.26. The largest absolute Gasteiger partial charge is 0.444 e. The van der Waals surface area contributed by atoms with Gasteiger partial charge in [-0.1, -0.05) is 0 Å². The van der Waals surface area contributed by atoms with Gasteiger partial charge in [0, 0.05) is 26.2 Å². The van der Waals surface area contributed by atoms with Gasteiger partial charge in [0.05, 0.1) is 6.04 Å². The highest BCUT2D eigenvalue weighted by molar-refractivity contribution is 5.68. The molecular formula is C16H29N5O2. The number of amides is 1. The fourth-order valence-corrected chi connectivity index (χ4v) is 2.88. The van der Waals surface area contributed by atoms with E-state index < -0.39 is 5.60 Å². The van der Waals surface area contributed by atoms with Crippen LogP contribution in [0.15, 0.2) is 6.33 Å². The van der Waals surface area contributed by atoms with Crippen LogP contribution in [0.3, 0.4) is 0 Å². The number of hydrogen-bond donors (Lipinski definition) is 1. The van der Waals surface area contributed by atoms with E-state index in [9.17, 15) is 4.79 Å². The highest BCUT2D eigenvalue weighted by Gasteiger charge is 2.26. The maximum Gasteiger partial charge on any atom is 0.410 e. The lowest BCUT2D eigenvalue weighted by molar-refractivity contribution is 0.0256. The van der Waals surface area contributed by atoms with Crippen LogP contribution in [-0.2, 0) is 11.8 Å². The van der Waals surface area contributed by atoms with Crippen molar-refractivity contribution in [2.45, 2.75) is 64.6 Å². The van der Waals surface area contributed by atoms with Crippen molar-refractivity contribution >= 4 is 6.09 Å². The first-order valence-corrected chi connectivity index (χ1v) is 8.34. The molecule has 0 aromatic carbocycles. The topological polar surface area (TPSA) is 72.3 Å².